The number of amides is 1. The first kappa shape index (κ1) is 11.3. The van der Waals surface area contributed by atoms with Crippen molar-refractivity contribution in [2.24, 2.45) is 5.92 Å². The van der Waals surface area contributed by atoms with Crippen molar-refractivity contribution >= 4 is 5.91 Å². The van der Waals surface area contributed by atoms with Crippen molar-refractivity contribution in [2.45, 2.75) is 25.6 Å². The van der Waals surface area contributed by atoms with Crippen LogP contribution in [0.1, 0.15) is 13.3 Å². The average Bonchev–Trinajstić information content (AvgIpc) is 2.43. The van der Waals surface area contributed by atoms with E-state index in [-0.39, 0.29) is 25.5 Å². The highest BCUT2D eigenvalue weighted by Gasteiger charge is 2.45. The van der Waals surface area contributed by atoms with Crippen LogP contribution < -0.4 is 0 Å². The number of likely N-dealkylation sites (tertiary alicyclic amines) is 1. The summed E-state index contributed by atoms with van der Waals surface area (Å²) in [5.74, 6) is -0.888. The summed E-state index contributed by atoms with van der Waals surface area (Å²) < 4.78 is 36.7. The number of carbonyl (C=O) groups is 1. The molecular formula is C8H12F3NO2. The molecule has 1 N–H and O–H groups in total. The van der Waals surface area contributed by atoms with Crippen LogP contribution in [-0.2, 0) is 4.79 Å². The van der Waals surface area contributed by atoms with E-state index in [1.54, 1.807) is 0 Å². The molecule has 1 heterocycles. The zero-order valence-electron chi connectivity index (χ0n) is 7.71. The number of hydrogen-bond acceptors (Lipinski definition) is 2. The summed E-state index contributed by atoms with van der Waals surface area (Å²) >= 11 is 0. The second-order valence-corrected chi connectivity index (χ2v) is 3.52. The molecular weight excluding hydrogens is 199 g/mol. The molecule has 1 saturated heterocycles. The van der Waals surface area contributed by atoms with Crippen LogP contribution in [0.5, 0.6) is 0 Å². The Morgan fingerprint density at radius 2 is 2.21 bits per heavy atom. The van der Waals surface area contributed by atoms with Gasteiger partial charge in [-0.05, 0) is 6.92 Å². The molecule has 1 fully saturated rings. The molecule has 0 radical (unpaired) electrons. The Kier molecular flexibility index (Phi) is 3.04. The summed E-state index contributed by atoms with van der Waals surface area (Å²) in [5, 5.41) is 8.73. The standard InChI is InChI=1S/C8H12F3NO2/c1-5(8(9,10)11)12-3-6(4-13)2-7(12)14/h5-6,13H,2-4H2,1H3. The summed E-state index contributed by atoms with van der Waals surface area (Å²) in [4.78, 5) is 11.9. The smallest absolute Gasteiger partial charge is 0.396 e. The number of aliphatic hydroxyl groups is 1. The van der Waals surface area contributed by atoms with Gasteiger partial charge in [-0.1, -0.05) is 0 Å². The monoisotopic (exact) mass is 211 g/mol. The molecule has 2 unspecified atom stereocenters. The maximum Gasteiger partial charge on any atom is 0.408 e. The number of halogens is 3. The summed E-state index contributed by atoms with van der Waals surface area (Å²) in [6, 6.07) is -1.76. The van der Waals surface area contributed by atoms with Crippen LogP contribution in [0.15, 0.2) is 0 Å². The summed E-state index contributed by atoms with van der Waals surface area (Å²) in [6.45, 7) is 0.709. The molecule has 1 aliphatic heterocycles. The van der Waals surface area contributed by atoms with E-state index in [0.29, 0.717) is 0 Å². The zero-order chi connectivity index (χ0) is 10.9. The van der Waals surface area contributed by atoms with Crippen LogP contribution >= 0.6 is 0 Å². The quantitative estimate of drug-likeness (QED) is 0.733. The Hall–Kier alpha value is -0.780. The molecule has 1 amide bonds. The molecule has 3 nitrogen and oxygen atoms in total. The van der Waals surface area contributed by atoms with Gasteiger partial charge in [-0.2, -0.15) is 13.2 Å². The second kappa shape index (κ2) is 3.76. The summed E-state index contributed by atoms with van der Waals surface area (Å²) in [5.41, 5.74) is 0. The molecule has 0 bridgehead atoms. The van der Waals surface area contributed by atoms with Gasteiger partial charge in [-0.15, -0.1) is 0 Å². The molecule has 0 aromatic rings. The average molecular weight is 211 g/mol. The predicted octanol–water partition coefficient (Wildman–Crippen LogP) is 0.778. The number of nitrogens with zero attached hydrogens (tertiary/aromatic N) is 1. The number of rotatable bonds is 2. The van der Waals surface area contributed by atoms with Crippen LogP contribution in [0, 0.1) is 5.92 Å². The fourth-order valence-electron chi connectivity index (χ4n) is 1.48. The molecule has 14 heavy (non-hydrogen) atoms. The number of alkyl halides is 3. The summed E-state index contributed by atoms with van der Waals surface area (Å²) in [7, 11) is 0. The van der Waals surface area contributed by atoms with E-state index in [4.69, 9.17) is 5.11 Å². The topological polar surface area (TPSA) is 40.5 Å². The van der Waals surface area contributed by atoms with Gasteiger partial charge >= 0.3 is 6.18 Å². The van der Waals surface area contributed by atoms with Crippen molar-refractivity contribution in [1.82, 2.24) is 4.90 Å². The molecule has 1 aliphatic rings. The van der Waals surface area contributed by atoms with Crippen molar-refractivity contribution in [3.63, 3.8) is 0 Å². The van der Waals surface area contributed by atoms with E-state index in [0.717, 1.165) is 11.8 Å². The van der Waals surface area contributed by atoms with Crippen LogP contribution in [0.3, 0.4) is 0 Å². The maximum absolute atomic E-state index is 12.2. The second-order valence-electron chi connectivity index (χ2n) is 3.52. The van der Waals surface area contributed by atoms with Crippen LogP contribution in [0.4, 0.5) is 13.2 Å². The van der Waals surface area contributed by atoms with E-state index in [1.165, 1.54) is 0 Å². The third-order valence-electron chi connectivity index (χ3n) is 2.44. The van der Waals surface area contributed by atoms with E-state index < -0.39 is 18.1 Å². The van der Waals surface area contributed by atoms with Crippen molar-refractivity contribution in [2.75, 3.05) is 13.2 Å². The van der Waals surface area contributed by atoms with Gasteiger partial charge in [0.25, 0.3) is 0 Å². The van der Waals surface area contributed by atoms with Crippen molar-refractivity contribution in [1.29, 1.82) is 0 Å². The normalized spacial score (nSPS) is 25.6. The van der Waals surface area contributed by atoms with Crippen LogP contribution in [0.2, 0.25) is 0 Å². The van der Waals surface area contributed by atoms with Gasteiger partial charge in [0.05, 0.1) is 0 Å². The highest BCUT2D eigenvalue weighted by atomic mass is 19.4. The largest absolute Gasteiger partial charge is 0.408 e. The first-order valence-electron chi connectivity index (χ1n) is 4.33. The molecule has 0 aliphatic carbocycles. The fourth-order valence-corrected chi connectivity index (χ4v) is 1.48. The molecule has 0 spiro atoms. The van der Waals surface area contributed by atoms with Gasteiger partial charge in [0, 0.05) is 25.5 Å². The highest BCUT2D eigenvalue weighted by Crippen LogP contribution is 2.29. The molecule has 82 valence electrons. The van der Waals surface area contributed by atoms with Crippen molar-refractivity contribution < 1.29 is 23.1 Å². The molecule has 0 saturated carbocycles. The van der Waals surface area contributed by atoms with Crippen molar-refractivity contribution in [3.8, 4) is 0 Å². The van der Waals surface area contributed by atoms with Gasteiger partial charge < -0.3 is 10.0 Å². The maximum atomic E-state index is 12.2. The number of hydrogen-bond donors (Lipinski definition) is 1. The molecule has 6 heteroatoms. The third kappa shape index (κ3) is 2.17. The van der Waals surface area contributed by atoms with Gasteiger partial charge in [-0.25, -0.2) is 0 Å². The fraction of sp³-hybridized carbons (Fsp3) is 0.875. The number of aliphatic hydroxyl groups excluding tert-OH is 1. The lowest BCUT2D eigenvalue weighted by Gasteiger charge is -2.26. The SMILES string of the molecule is CC(N1CC(CO)CC1=O)C(F)(F)F. The Bertz CT molecular complexity index is 229. The van der Waals surface area contributed by atoms with Crippen LogP contribution in [0.25, 0.3) is 0 Å². The Labute approximate surface area is 79.5 Å². The van der Waals surface area contributed by atoms with E-state index >= 15 is 0 Å². The Morgan fingerprint density at radius 3 is 2.57 bits per heavy atom. The number of carbonyl (C=O) groups excluding carboxylic acids is 1. The molecule has 2 atom stereocenters. The van der Waals surface area contributed by atoms with E-state index in [2.05, 4.69) is 0 Å². The Balaban J connectivity index is 2.66. The zero-order valence-corrected chi connectivity index (χ0v) is 7.71. The van der Waals surface area contributed by atoms with Gasteiger partial charge in [0.2, 0.25) is 5.91 Å². The van der Waals surface area contributed by atoms with Gasteiger partial charge in [0.15, 0.2) is 0 Å². The lowest BCUT2D eigenvalue weighted by molar-refractivity contribution is -0.182. The minimum atomic E-state index is -4.39. The van der Waals surface area contributed by atoms with Crippen LogP contribution in [-0.4, -0.2) is 41.3 Å². The third-order valence-corrected chi connectivity index (χ3v) is 2.44. The lowest BCUT2D eigenvalue weighted by Crippen LogP contribution is -2.44. The lowest BCUT2D eigenvalue weighted by atomic mass is 10.1. The predicted molar refractivity (Wildman–Crippen MR) is 42.4 cm³/mol. The minimum absolute atomic E-state index is 0.00396. The molecule has 0 aromatic carbocycles. The van der Waals surface area contributed by atoms with Gasteiger partial charge in [0.1, 0.15) is 6.04 Å². The van der Waals surface area contributed by atoms with E-state index in [9.17, 15) is 18.0 Å². The minimum Gasteiger partial charge on any atom is -0.396 e. The first-order chi connectivity index (χ1) is 6.36. The highest BCUT2D eigenvalue weighted by molar-refractivity contribution is 5.79. The van der Waals surface area contributed by atoms with E-state index in [1.807, 2.05) is 0 Å². The van der Waals surface area contributed by atoms with Crippen molar-refractivity contribution in [3.05, 3.63) is 0 Å². The summed E-state index contributed by atoms with van der Waals surface area (Å²) in [6.07, 6.45) is -4.38. The Morgan fingerprint density at radius 1 is 1.64 bits per heavy atom. The molecule has 1 rings (SSSR count). The molecule has 0 aromatic heterocycles. The first-order valence-corrected chi connectivity index (χ1v) is 4.33. The van der Waals surface area contributed by atoms with Gasteiger partial charge in [-0.3, -0.25) is 4.79 Å².